The van der Waals surface area contributed by atoms with Crippen molar-refractivity contribution >= 4 is 34.5 Å². The second kappa shape index (κ2) is 6.90. The fourth-order valence-electron chi connectivity index (χ4n) is 3.01. The van der Waals surface area contributed by atoms with E-state index < -0.39 is 0 Å². The van der Waals surface area contributed by atoms with Crippen molar-refractivity contribution in [3.8, 4) is 10.6 Å². The molecule has 2 aromatic heterocycles. The van der Waals surface area contributed by atoms with E-state index >= 15 is 0 Å². The van der Waals surface area contributed by atoms with Gasteiger partial charge in [-0.2, -0.15) is 5.10 Å². The molecule has 1 amide bonds. The lowest BCUT2D eigenvalue weighted by atomic mass is 10.2. The molecule has 0 spiro atoms. The quantitative estimate of drug-likeness (QED) is 0.761. The number of carbonyl (C=O) groups excluding carboxylic acids is 1. The first-order valence-corrected chi connectivity index (χ1v) is 9.36. The molecule has 25 heavy (non-hydrogen) atoms. The number of hydrogen-bond donors (Lipinski definition) is 1. The molecular weight excluding hydrogens is 356 g/mol. The minimum absolute atomic E-state index is 0.0298. The first-order chi connectivity index (χ1) is 12.2. The molecule has 3 heterocycles. The van der Waals surface area contributed by atoms with Crippen molar-refractivity contribution in [2.45, 2.75) is 0 Å². The van der Waals surface area contributed by atoms with Crippen molar-refractivity contribution in [2.24, 2.45) is 0 Å². The molecule has 0 bridgehead atoms. The molecule has 5 nitrogen and oxygen atoms in total. The number of halogens is 1. The molecule has 0 unspecified atom stereocenters. The predicted molar refractivity (Wildman–Crippen MR) is 101 cm³/mol. The minimum Gasteiger partial charge on any atom is -0.367 e. The Kier molecular flexibility index (Phi) is 4.46. The Morgan fingerprint density at radius 3 is 2.64 bits per heavy atom. The lowest BCUT2D eigenvalue weighted by Crippen LogP contribution is -2.49. The topological polar surface area (TPSA) is 52.2 Å². The van der Waals surface area contributed by atoms with Gasteiger partial charge in [0, 0.05) is 26.2 Å². The van der Waals surface area contributed by atoms with E-state index in [1.807, 2.05) is 52.7 Å². The second-order valence-electron chi connectivity index (χ2n) is 5.87. The maximum atomic E-state index is 12.7. The van der Waals surface area contributed by atoms with Gasteiger partial charge in [0.1, 0.15) is 0 Å². The zero-order chi connectivity index (χ0) is 17.2. The van der Waals surface area contributed by atoms with Gasteiger partial charge in [-0.1, -0.05) is 29.8 Å². The summed E-state index contributed by atoms with van der Waals surface area (Å²) in [5.74, 6) is -0.0298. The van der Waals surface area contributed by atoms with E-state index in [2.05, 4.69) is 15.1 Å². The molecular formula is C18H17ClN4OS. The Morgan fingerprint density at radius 1 is 1.12 bits per heavy atom. The number of aromatic amines is 1. The van der Waals surface area contributed by atoms with Crippen LogP contribution in [-0.2, 0) is 0 Å². The monoisotopic (exact) mass is 372 g/mol. The van der Waals surface area contributed by atoms with Crippen molar-refractivity contribution in [1.82, 2.24) is 15.1 Å². The molecule has 1 saturated heterocycles. The van der Waals surface area contributed by atoms with Crippen molar-refractivity contribution in [3.63, 3.8) is 0 Å². The van der Waals surface area contributed by atoms with Crippen LogP contribution in [0.25, 0.3) is 10.6 Å². The van der Waals surface area contributed by atoms with Crippen LogP contribution in [0, 0.1) is 0 Å². The molecule has 0 aliphatic carbocycles. The zero-order valence-electron chi connectivity index (χ0n) is 13.5. The molecule has 4 rings (SSSR count). The standard InChI is InChI=1S/C18H17ClN4OS/c19-13-4-1-2-5-16(13)22-7-9-23(10-8-22)18(24)15-12-14(20-21-15)17-6-3-11-25-17/h1-6,11-12H,7-10H2,(H,20,21). The number of rotatable bonds is 3. The van der Waals surface area contributed by atoms with Crippen molar-refractivity contribution in [1.29, 1.82) is 0 Å². The Hall–Kier alpha value is -2.31. The summed E-state index contributed by atoms with van der Waals surface area (Å²) in [6.07, 6.45) is 0. The van der Waals surface area contributed by atoms with Gasteiger partial charge in [0.05, 0.1) is 21.3 Å². The Morgan fingerprint density at radius 2 is 1.92 bits per heavy atom. The molecule has 128 valence electrons. The minimum atomic E-state index is -0.0298. The smallest absolute Gasteiger partial charge is 0.274 e. The molecule has 0 atom stereocenters. The highest BCUT2D eigenvalue weighted by molar-refractivity contribution is 7.13. The van der Waals surface area contributed by atoms with Gasteiger partial charge in [-0.15, -0.1) is 11.3 Å². The highest BCUT2D eigenvalue weighted by Crippen LogP contribution is 2.27. The average molecular weight is 373 g/mol. The zero-order valence-corrected chi connectivity index (χ0v) is 15.1. The van der Waals surface area contributed by atoms with Crippen LogP contribution in [0.4, 0.5) is 5.69 Å². The molecule has 1 aromatic carbocycles. The van der Waals surface area contributed by atoms with Gasteiger partial charge < -0.3 is 9.80 Å². The van der Waals surface area contributed by atoms with E-state index in [1.54, 1.807) is 11.3 Å². The summed E-state index contributed by atoms with van der Waals surface area (Å²) in [5.41, 5.74) is 2.37. The van der Waals surface area contributed by atoms with Crippen molar-refractivity contribution in [3.05, 3.63) is 58.6 Å². The van der Waals surface area contributed by atoms with Gasteiger partial charge in [0.15, 0.2) is 5.69 Å². The molecule has 0 radical (unpaired) electrons. The van der Waals surface area contributed by atoms with E-state index in [9.17, 15) is 4.79 Å². The van der Waals surface area contributed by atoms with Gasteiger partial charge in [-0.3, -0.25) is 9.89 Å². The number of H-pyrrole nitrogens is 1. The maximum Gasteiger partial charge on any atom is 0.274 e. The fraction of sp³-hybridized carbons (Fsp3) is 0.222. The Bertz CT molecular complexity index is 869. The van der Waals surface area contributed by atoms with Crippen LogP contribution in [-0.4, -0.2) is 47.2 Å². The summed E-state index contributed by atoms with van der Waals surface area (Å²) in [6.45, 7) is 2.84. The summed E-state index contributed by atoms with van der Waals surface area (Å²) in [6, 6.07) is 13.6. The highest BCUT2D eigenvalue weighted by atomic mass is 35.5. The number of anilines is 1. The lowest BCUT2D eigenvalue weighted by Gasteiger charge is -2.36. The van der Waals surface area contributed by atoms with Gasteiger partial charge >= 0.3 is 0 Å². The average Bonchev–Trinajstić information content (AvgIpc) is 3.33. The first-order valence-electron chi connectivity index (χ1n) is 8.10. The number of hydrogen-bond acceptors (Lipinski definition) is 4. The van der Waals surface area contributed by atoms with Crippen LogP contribution in [0.15, 0.2) is 47.8 Å². The molecule has 1 aliphatic rings. The summed E-state index contributed by atoms with van der Waals surface area (Å²) in [4.78, 5) is 17.8. The SMILES string of the molecule is O=C(c1cc(-c2cccs2)[nH]n1)N1CCN(c2ccccc2Cl)CC1. The number of piperazine rings is 1. The molecule has 1 aliphatic heterocycles. The van der Waals surface area contributed by atoms with Gasteiger partial charge in [0.25, 0.3) is 5.91 Å². The highest BCUT2D eigenvalue weighted by Gasteiger charge is 2.25. The summed E-state index contributed by atoms with van der Waals surface area (Å²) in [7, 11) is 0. The van der Waals surface area contributed by atoms with Crippen molar-refractivity contribution < 1.29 is 4.79 Å². The van der Waals surface area contributed by atoms with Gasteiger partial charge in [-0.25, -0.2) is 0 Å². The van der Waals surface area contributed by atoms with Crippen LogP contribution in [0.3, 0.4) is 0 Å². The van der Waals surface area contributed by atoms with Gasteiger partial charge in [0.2, 0.25) is 0 Å². The second-order valence-corrected chi connectivity index (χ2v) is 7.23. The van der Waals surface area contributed by atoms with Crippen LogP contribution in [0.1, 0.15) is 10.5 Å². The molecule has 1 N–H and O–H groups in total. The Labute approximate surface area is 154 Å². The van der Waals surface area contributed by atoms with E-state index in [4.69, 9.17) is 11.6 Å². The van der Waals surface area contributed by atoms with Crippen LogP contribution in [0.5, 0.6) is 0 Å². The normalized spacial score (nSPS) is 14.8. The third-order valence-corrected chi connectivity index (χ3v) is 5.57. The summed E-state index contributed by atoms with van der Waals surface area (Å²) < 4.78 is 0. The number of carbonyl (C=O) groups is 1. The third kappa shape index (κ3) is 3.27. The number of aromatic nitrogens is 2. The molecule has 7 heteroatoms. The number of amides is 1. The molecule has 3 aromatic rings. The van der Waals surface area contributed by atoms with Crippen LogP contribution < -0.4 is 4.90 Å². The molecule has 1 fully saturated rings. The van der Waals surface area contributed by atoms with Crippen molar-refractivity contribution in [2.75, 3.05) is 31.1 Å². The number of para-hydroxylation sites is 1. The number of nitrogens with one attached hydrogen (secondary N) is 1. The molecule has 0 saturated carbocycles. The number of thiophene rings is 1. The number of benzene rings is 1. The Balaban J connectivity index is 1.42. The third-order valence-electron chi connectivity index (χ3n) is 4.34. The lowest BCUT2D eigenvalue weighted by molar-refractivity contribution is 0.0741. The van der Waals surface area contributed by atoms with Gasteiger partial charge in [-0.05, 0) is 29.6 Å². The number of nitrogens with zero attached hydrogens (tertiary/aromatic N) is 3. The fourth-order valence-corrected chi connectivity index (χ4v) is 3.96. The van der Waals surface area contributed by atoms with E-state index in [1.165, 1.54) is 0 Å². The van der Waals surface area contributed by atoms with Crippen LogP contribution in [0.2, 0.25) is 5.02 Å². The van der Waals surface area contributed by atoms with E-state index in [0.29, 0.717) is 18.8 Å². The summed E-state index contributed by atoms with van der Waals surface area (Å²) >= 11 is 7.89. The predicted octanol–water partition coefficient (Wildman–Crippen LogP) is 3.75. The van der Waals surface area contributed by atoms with Crippen LogP contribution >= 0.6 is 22.9 Å². The van der Waals surface area contributed by atoms with E-state index in [-0.39, 0.29) is 5.91 Å². The maximum absolute atomic E-state index is 12.7. The summed E-state index contributed by atoms with van der Waals surface area (Å²) in [5, 5.41) is 9.90. The van der Waals surface area contributed by atoms with E-state index in [0.717, 1.165) is 34.4 Å². The largest absolute Gasteiger partial charge is 0.367 e. The first kappa shape index (κ1) is 16.2.